The molecule has 1 aromatic carbocycles. The van der Waals surface area contributed by atoms with Crippen LogP contribution in [-0.4, -0.2) is 42.4 Å². The van der Waals surface area contributed by atoms with Gasteiger partial charge in [-0.2, -0.15) is 0 Å². The second kappa shape index (κ2) is 9.42. The molecular formula is C17H27N2O3PS. The van der Waals surface area contributed by atoms with Gasteiger partial charge in [-0.05, 0) is 33.3 Å². The van der Waals surface area contributed by atoms with Gasteiger partial charge in [0, 0.05) is 18.5 Å². The third kappa shape index (κ3) is 3.77. The van der Waals surface area contributed by atoms with Crippen molar-refractivity contribution >= 4 is 31.0 Å². The lowest BCUT2D eigenvalue weighted by molar-refractivity contribution is 0.211. The number of nitrogens with zero attached hydrogens (tertiary/aromatic N) is 1. The molecule has 0 saturated carbocycles. The smallest absolute Gasteiger partial charge is 0.353 e. The molecule has 1 N–H and O–H groups in total. The predicted octanol–water partition coefficient (Wildman–Crippen LogP) is 4.47. The molecule has 7 heteroatoms. The van der Waals surface area contributed by atoms with Crippen molar-refractivity contribution in [2.24, 2.45) is 0 Å². The minimum absolute atomic E-state index is 0.138. The maximum atomic E-state index is 13.7. The van der Waals surface area contributed by atoms with E-state index in [1.165, 1.54) is 5.37 Å². The molecule has 0 aliphatic rings. The normalized spacial score (nSPS) is 14.0. The molecule has 0 fully saturated rings. The van der Waals surface area contributed by atoms with Crippen molar-refractivity contribution in [3.8, 4) is 0 Å². The fraction of sp³-hybridized carbons (Fsp3) is 0.529. The molecule has 0 amide bonds. The molecule has 0 radical (unpaired) electrons. The third-order valence-corrected chi connectivity index (χ3v) is 7.04. The van der Waals surface area contributed by atoms with E-state index in [1.807, 2.05) is 49.1 Å². The highest BCUT2D eigenvalue weighted by molar-refractivity contribution is 7.80. The Morgan fingerprint density at radius 1 is 1.17 bits per heavy atom. The molecule has 0 aliphatic heterocycles. The van der Waals surface area contributed by atoms with Crippen LogP contribution < -0.4 is 0 Å². The molecule has 24 heavy (non-hydrogen) atoms. The van der Waals surface area contributed by atoms with Gasteiger partial charge in [0.05, 0.1) is 13.2 Å². The van der Waals surface area contributed by atoms with E-state index in [-0.39, 0.29) is 19.0 Å². The lowest BCUT2D eigenvalue weighted by atomic mass is 9.97. The van der Waals surface area contributed by atoms with Crippen molar-refractivity contribution in [3.63, 3.8) is 0 Å². The van der Waals surface area contributed by atoms with Gasteiger partial charge < -0.3 is 13.9 Å². The fourth-order valence-corrected chi connectivity index (χ4v) is 5.46. The van der Waals surface area contributed by atoms with E-state index in [9.17, 15) is 4.57 Å². The van der Waals surface area contributed by atoms with Crippen molar-refractivity contribution in [1.82, 2.24) is 4.90 Å². The summed E-state index contributed by atoms with van der Waals surface area (Å²) in [7, 11) is -3.74. The summed E-state index contributed by atoms with van der Waals surface area (Å²) >= 11 is 5.31. The molecule has 0 aliphatic carbocycles. The Labute approximate surface area is 150 Å². The summed E-state index contributed by atoms with van der Waals surface area (Å²) in [6.45, 7) is 9.03. The van der Waals surface area contributed by atoms with Gasteiger partial charge in [0.1, 0.15) is 5.84 Å². The van der Waals surface area contributed by atoms with Crippen LogP contribution in [0.4, 0.5) is 0 Å². The third-order valence-electron chi connectivity index (χ3n) is 3.86. The van der Waals surface area contributed by atoms with Crippen molar-refractivity contribution < 1.29 is 13.6 Å². The van der Waals surface area contributed by atoms with Crippen LogP contribution >= 0.6 is 19.8 Å². The SMILES string of the molecule is CCOP(=O)(OCC)C(C=S)(C(=N)N(CC)CC)c1ccccc1. The number of nitrogens with one attached hydrogen (secondary N) is 1. The Morgan fingerprint density at radius 3 is 2.04 bits per heavy atom. The van der Waals surface area contributed by atoms with Gasteiger partial charge in [-0.1, -0.05) is 42.5 Å². The molecule has 0 aromatic heterocycles. The summed E-state index contributed by atoms with van der Waals surface area (Å²) in [5, 5.41) is 8.75. The Kier molecular flexibility index (Phi) is 8.23. The second-order valence-corrected chi connectivity index (χ2v) is 7.56. The molecule has 0 bridgehead atoms. The summed E-state index contributed by atoms with van der Waals surface area (Å²) in [5.74, 6) is 0.138. The number of benzene rings is 1. The largest absolute Gasteiger partial charge is 0.360 e. The number of hydrogen-bond acceptors (Lipinski definition) is 5. The summed E-state index contributed by atoms with van der Waals surface area (Å²) in [6, 6.07) is 9.16. The van der Waals surface area contributed by atoms with Gasteiger partial charge in [-0.25, -0.2) is 0 Å². The van der Waals surface area contributed by atoms with Crippen molar-refractivity contribution in [3.05, 3.63) is 35.9 Å². The molecule has 1 rings (SSSR count). The van der Waals surface area contributed by atoms with Crippen molar-refractivity contribution in [2.75, 3.05) is 26.3 Å². The van der Waals surface area contributed by atoms with E-state index in [1.54, 1.807) is 13.8 Å². The van der Waals surface area contributed by atoms with Crippen LogP contribution in [0.3, 0.4) is 0 Å². The number of hydrogen-bond donors (Lipinski definition) is 1. The van der Waals surface area contributed by atoms with Crippen LogP contribution in [0.2, 0.25) is 0 Å². The minimum Gasteiger partial charge on any atom is -0.360 e. The van der Waals surface area contributed by atoms with E-state index in [0.717, 1.165) is 0 Å². The lowest BCUT2D eigenvalue weighted by Crippen LogP contribution is -2.48. The van der Waals surface area contributed by atoms with Gasteiger partial charge >= 0.3 is 7.60 Å². The maximum Gasteiger partial charge on any atom is 0.353 e. The second-order valence-electron chi connectivity index (χ2n) is 5.10. The Hall–Kier alpha value is -1.07. The highest BCUT2D eigenvalue weighted by Gasteiger charge is 2.55. The minimum atomic E-state index is -3.74. The molecular weight excluding hydrogens is 343 g/mol. The molecule has 1 aromatic rings. The topological polar surface area (TPSA) is 62.6 Å². The number of rotatable bonds is 10. The van der Waals surface area contributed by atoms with E-state index in [4.69, 9.17) is 26.7 Å². The zero-order valence-electron chi connectivity index (χ0n) is 14.8. The first-order valence-electron chi connectivity index (χ1n) is 8.22. The summed E-state index contributed by atoms with van der Waals surface area (Å²) in [6.07, 6.45) is 0. The van der Waals surface area contributed by atoms with Crippen LogP contribution in [0, 0.1) is 5.41 Å². The first kappa shape index (κ1) is 21.0. The molecule has 0 heterocycles. The Balaban J connectivity index is 3.69. The van der Waals surface area contributed by atoms with Gasteiger partial charge in [0.15, 0.2) is 5.16 Å². The number of amidine groups is 1. The van der Waals surface area contributed by atoms with Crippen molar-refractivity contribution in [1.29, 1.82) is 5.41 Å². The van der Waals surface area contributed by atoms with Crippen LogP contribution in [0.15, 0.2) is 30.3 Å². The van der Waals surface area contributed by atoms with Crippen LogP contribution in [0.25, 0.3) is 0 Å². The quantitative estimate of drug-likeness (QED) is 0.285. The first-order chi connectivity index (χ1) is 11.5. The van der Waals surface area contributed by atoms with Gasteiger partial charge in [-0.3, -0.25) is 9.97 Å². The Bertz CT molecular complexity index is 583. The molecule has 1 unspecified atom stereocenters. The fourth-order valence-electron chi connectivity index (χ4n) is 2.67. The number of likely N-dealkylation sites (N-methyl/N-ethyl adjacent to an activating group) is 1. The van der Waals surface area contributed by atoms with Crippen molar-refractivity contribution in [2.45, 2.75) is 32.9 Å². The standard InChI is InChI=1S/C17H27N2O3PS/c1-5-19(6-2)16(18)17(14-24,15-12-10-9-11-13-15)23(20,21-7-3)22-8-4/h9-14,18H,5-8H2,1-4H3. The van der Waals surface area contributed by atoms with Gasteiger partial charge in [-0.15, -0.1) is 0 Å². The van der Waals surface area contributed by atoms with Gasteiger partial charge in [0.2, 0.25) is 0 Å². The maximum absolute atomic E-state index is 13.7. The molecule has 1 atom stereocenters. The molecule has 5 nitrogen and oxygen atoms in total. The number of thiocarbonyl (C=S) groups is 1. The molecule has 0 saturated heterocycles. The highest BCUT2D eigenvalue weighted by atomic mass is 32.1. The summed E-state index contributed by atoms with van der Waals surface area (Å²) in [4.78, 5) is 1.82. The molecule has 0 spiro atoms. The first-order valence-corrected chi connectivity index (χ1v) is 10.2. The average Bonchev–Trinajstić information content (AvgIpc) is 2.58. The zero-order valence-corrected chi connectivity index (χ0v) is 16.5. The zero-order chi connectivity index (χ0) is 18.2. The molecule has 134 valence electrons. The summed E-state index contributed by atoms with van der Waals surface area (Å²) in [5.41, 5.74) is 0.641. The Morgan fingerprint density at radius 2 is 1.67 bits per heavy atom. The van der Waals surface area contributed by atoms with Gasteiger partial charge in [0.25, 0.3) is 0 Å². The van der Waals surface area contributed by atoms with Crippen LogP contribution in [0.5, 0.6) is 0 Å². The average molecular weight is 370 g/mol. The van der Waals surface area contributed by atoms with E-state index >= 15 is 0 Å². The van der Waals surface area contributed by atoms with Crippen LogP contribution in [-0.2, 0) is 18.8 Å². The highest BCUT2D eigenvalue weighted by Crippen LogP contribution is 2.65. The van der Waals surface area contributed by atoms with E-state index in [0.29, 0.717) is 18.7 Å². The lowest BCUT2D eigenvalue weighted by Gasteiger charge is -2.40. The summed E-state index contributed by atoms with van der Waals surface area (Å²) < 4.78 is 25.0. The predicted molar refractivity (Wildman–Crippen MR) is 103 cm³/mol. The van der Waals surface area contributed by atoms with E-state index < -0.39 is 12.8 Å². The van der Waals surface area contributed by atoms with Crippen LogP contribution in [0.1, 0.15) is 33.3 Å². The van der Waals surface area contributed by atoms with E-state index in [2.05, 4.69) is 0 Å². The monoisotopic (exact) mass is 370 g/mol.